The SMILES string of the molecule is CCn1ncnc1CC(NC)c1ccc(Cl)c(F)c1. The molecule has 2 aromatic rings. The van der Waals surface area contributed by atoms with Crippen molar-refractivity contribution in [2.75, 3.05) is 7.05 Å². The van der Waals surface area contributed by atoms with Gasteiger partial charge in [0.15, 0.2) is 0 Å². The maximum absolute atomic E-state index is 13.5. The predicted octanol–water partition coefficient (Wildman–Crippen LogP) is 2.59. The van der Waals surface area contributed by atoms with Crippen LogP contribution >= 0.6 is 11.6 Å². The first kappa shape index (κ1) is 14.0. The largest absolute Gasteiger partial charge is 0.313 e. The quantitative estimate of drug-likeness (QED) is 0.917. The van der Waals surface area contributed by atoms with Gasteiger partial charge in [-0.25, -0.2) is 9.37 Å². The highest BCUT2D eigenvalue weighted by atomic mass is 35.5. The standard InChI is InChI=1S/C13H16ClFN4/c1-3-19-13(17-8-18-19)7-12(16-2)9-4-5-10(14)11(15)6-9/h4-6,8,12,16H,3,7H2,1-2H3. The predicted molar refractivity (Wildman–Crippen MR) is 72.6 cm³/mol. The fourth-order valence-electron chi connectivity index (χ4n) is 2.01. The van der Waals surface area contributed by atoms with E-state index in [1.807, 2.05) is 24.7 Å². The second-order valence-corrected chi connectivity index (χ2v) is 4.62. The van der Waals surface area contributed by atoms with Crippen molar-refractivity contribution in [2.24, 2.45) is 0 Å². The molecule has 1 heterocycles. The highest BCUT2D eigenvalue weighted by molar-refractivity contribution is 6.30. The third-order valence-corrected chi connectivity index (χ3v) is 3.38. The molecule has 0 radical (unpaired) electrons. The summed E-state index contributed by atoms with van der Waals surface area (Å²) in [4.78, 5) is 4.23. The summed E-state index contributed by atoms with van der Waals surface area (Å²) in [6.45, 7) is 2.77. The number of hydrogen-bond donors (Lipinski definition) is 1. The number of nitrogens with zero attached hydrogens (tertiary/aromatic N) is 3. The number of rotatable bonds is 5. The van der Waals surface area contributed by atoms with Crippen LogP contribution in [0.15, 0.2) is 24.5 Å². The first-order valence-corrected chi connectivity index (χ1v) is 6.52. The van der Waals surface area contributed by atoms with Gasteiger partial charge in [-0.1, -0.05) is 17.7 Å². The van der Waals surface area contributed by atoms with E-state index in [0.717, 1.165) is 17.9 Å². The summed E-state index contributed by atoms with van der Waals surface area (Å²) in [5.74, 6) is 0.466. The molecule has 1 unspecified atom stereocenters. The smallest absolute Gasteiger partial charge is 0.142 e. The third-order valence-electron chi connectivity index (χ3n) is 3.08. The monoisotopic (exact) mass is 282 g/mol. The lowest BCUT2D eigenvalue weighted by molar-refractivity contribution is 0.529. The summed E-state index contributed by atoms with van der Waals surface area (Å²) in [6, 6.07) is 4.82. The van der Waals surface area contributed by atoms with Gasteiger partial charge in [-0.2, -0.15) is 5.10 Å². The van der Waals surface area contributed by atoms with E-state index in [-0.39, 0.29) is 11.1 Å². The van der Waals surface area contributed by atoms with Crippen LogP contribution in [0.2, 0.25) is 5.02 Å². The normalized spacial score (nSPS) is 12.6. The molecule has 0 aliphatic heterocycles. The van der Waals surface area contributed by atoms with Crippen molar-refractivity contribution in [3.63, 3.8) is 0 Å². The minimum absolute atomic E-state index is 0.0266. The zero-order valence-corrected chi connectivity index (χ0v) is 11.7. The lowest BCUT2D eigenvalue weighted by atomic mass is 10.0. The lowest BCUT2D eigenvalue weighted by Gasteiger charge is -2.16. The fourth-order valence-corrected chi connectivity index (χ4v) is 2.13. The minimum Gasteiger partial charge on any atom is -0.313 e. The molecular formula is C13H16ClFN4. The first-order valence-electron chi connectivity index (χ1n) is 6.14. The molecule has 0 fully saturated rings. The molecule has 1 N–H and O–H groups in total. The second-order valence-electron chi connectivity index (χ2n) is 4.21. The Morgan fingerprint density at radius 2 is 2.26 bits per heavy atom. The molecule has 0 aliphatic carbocycles. The molecule has 0 saturated heterocycles. The summed E-state index contributed by atoms with van der Waals surface area (Å²) < 4.78 is 15.3. The van der Waals surface area contributed by atoms with E-state index in [9.17, 15) is 4.39 Å². The molecule has 19 heavy (non-hydrogen) atoms. The van der Waals surface area contributed by atoms with E-state index in [2.05, 4.69) is 15.4 Å². The van der Waals surface area contributed by atoms with Gasteiger partial charge in [0.2, 0.25) is 0 Å². The van der Waals surface area contributed by atoms with Crippen molar-refractivity contribution in [3.8, 4) is 0 Å². The molecule has 4 nitrogen and oxygen atoms in total. The number of hydrogen-bond acceptors (Lipinski definition) is 3. The number of aromatic nitrogens is 3. The molecule has 1 atom stereocenters. The molecule has 102 valence electrons. The van der Waals surface area contributed by atoms with Crippen LogP contribution in [0.1, 0.15) is 24.4 Å². The van der Waals surface area contributed by atoms with Gasteiger partial charge in [0, 0.05) is 19.0 Å². The zero-order chi connectivity index (χ0) is 13.8. The summed E-state index contributed by atoms with van der Waals surface area (Å²) in [7, 11) is 1.84. The molecule has 0 amide bonds. The molecular weight excluding hydrogens is 267 g/mol. The lowest BCUT2D eigenvalue weighted by Crippen LogP contribution is -2.21. The van der Waals surface area contributed by atoms with Crippen LogP contribution in [0.25, 0.3) is 0 Å². The molecule has 0 aliphatic rings. The van der Waals surface area contributed by atoms with Gasteiger partial charge in [0.05, 0.1) is 5.02 Å². The Morgan fingerprint density at radius 1 is 1.47 bits per heavy atom. The van der Waals surface area contributed by atoms with Crippen molar-refractivity contribution in [1.82, 2.24) is 20.1 Å². The molecule has 0 saturated carbocycles. The Kier molecular flexibility index (Phi) is 4.50. The highest BCUT2D eigenvalue weighted by Crippen LogP contribution is 2.22. The molecule has 6 heteroatoms. The van der Waals surface area contributed by atoms with E-state index >= 15 is 0 Å². The van der Waals surface area contributed by atoms with Crippen molar-refractivity contribution in [3.05, 3.63) is 46.8 Å². The van der Waals surface area contributed by atoms with E-state index in [0.29, 0.717) is 6.42 Å². The number of halogens is 2. The van der Waals surface area contributed by atoms with Crippen LogP contribution in [-0.2, 0) is 13.0 Å². The van der Waals surface area contributed by atoms with Gasteiger partial charge in [-0.05, 0) is 31.7 Å². The molecule has 2 rings (SSSR count). The van der Waals surface area contributed by atoms with E-state index in [1.54, 1.807) is 6.07 Å². The topological polar surface area (TPSA) is 42.7 Å². The van der Waals surface area contributed by atoms with Gasteiger partial charge >= 0.3 is 0 Å². The Hall–Kier alpha value is -1.46. The van der Waals surface area contributed by atoms with Crippen molar-refractivity contribution >= 4 is 11.6 Å². The van der Waals surface area contributed by atoms with Gasteiger partial charge in [0.25, 0.3) is 0 Å². The number of nitrogens with one attached hydrogen (secondary N) is 1. The summed E-state index contributed by atoms with van der Waals surface area (Å²) in [6.07, 6.45) is 2.18. The van der Waals surface area contributed by atoms with Crippen LogP contribution in [0, 0.1) is 5.82 Å². The maximum Gasteiger partial charge on any atom is 0.142 e. The van der Waals surface area contributed by atoms with Crippen LogP contribution < -0.4 is 5.32 Å². The van der Waals surface area contributed by atoms with Gasteiger partial charge in [-0.3, -0.25) is 4.68 Å². The number of benzene rings is 1. The Labute approximate surface area is 116 Å². The van der Waals surface area contributed by atoms with Crippen LogP contribution in [0.5, 0.6) is 0 Å². The van der Waals surface area contributed by atoms with Gasteiger partial charge in [-0.15, -0.1) is 0 Å². The second kappa shape index (κ2) is 6.12. The highest BCUT2D eigenvalue weighted by Gasteiger charge is 2.15. The molecule has 0 spiro atoms. The number of likely N-dealkylation sites (N-methyl/N-ethyl adjacent to an activating group) is 1. The minimum atomic E-state index is -0.406. The van der Waals surface area contributed by atoms with E-state index in [1.165, 1.54) is 12.4 Å². The van der Waals surface area contributed by atoms with E-state index in [4.69, 9.17) is 11.6 Å². The van der Waals surface area contributed by atoms with Crippen molar-refractivity contribution in [1.29, 1.82) is 0 Å². The first-order chi connectivity index (χ1) is 9.15. The third kappa shape index (κ3) is 3.11. The average Bonchev–Trinajstić information content (AvgIpc) is 2.86. The summed E-state index contributed by atoms with van der Waals surface area (Å²) in [5.41, 5.74) is 0.843. The summed E-state index contributed by atoms with van der Waals surface area (Å²) in [5, 5.41) is 7.43. The number of aryl methyl sites for hydroxylation is 1. The fraction of sp³-hybridized carbons (Fsp3) is 0.385. The maximum atomic E-state index is 13.5. The molecule has 1 aromatic heterocycles. The Morgan fingerprint density at radius 3 is 2.89 bits per heavy atom. The van der Waals surface area contributed by atoms with Gasteiger partial charge in [0.1, 0.15) is 18.0 Å². The van der Waals surface area contributed by atoms with Crippen LogP contribution in [0.3, 0.4) is 0 Å². The Bertz CT molecular complexity index is 555. The van der Waals surface area contributed by atoms with Crippen LogP contribution in [0.4, 0.5) is 4.39 Å². The zero-order valence-electron chi connectivity index (χ0n) is 10.9. The molecule has 1 aromatic carbocycles. The van der Waals surface area contributed by atoms with Gasteiger partial charge < -0.3 is 5.32 Å². The van der Waals surface area contributed by atoms with Crippen molar-refractivity contribution in [2.45, 2.75) is 25.9 Å². The Balaban J connectivity index is 2.22. The average molecular weight is 283 g/mol. The van der Waals surface area contributed by atoms with Crippen molar-refractivity contribution < 1.29 is 4.39 Å². The van der Waals surface area contributed by atoms with E-state index < -0.39 is 5.82 Å². The van der Waals surface area contributed by atoms with Crippen LogP contribution in [-0.4, -0.2) is 21.8 Å². The molecule has 0 bridgehead atoms. The summed E-state index contributed by atoms with van der Waals surface area (Å²) >= 11 is 5.70.